The van der Waals surface area contributed by atoms with Crippen LogP contribution >= 0.6 is 0 Å². The van der Waals surface area contributed by atoms with Gasteiger partial charge in [-0.3, -0.25) is 9.58 Å². The third-order valence-electron chi connectivity index (χ3n) is 2.59. The number of aryl methyl sites for hydroxylation is 1. The SMILES string of the molecule is CCn1nc2c(c1CN)CN(C)C2. The average molecular weight is 180 g/mol. The highest BCUT2D eigenvalue weighted by Crippen LogP contribution is 2.23. The standard InChI is InChI=1S/C9H16N4/c1-3-13-9(4-10)7-5-12(2)6-8(7)11-13/h3-6,10H2,1-2H3. The molecule has 4 heteroatoms. The summed E-state index contributed by atoms with van der Waals surface area (Å²) in [7, 11) is 2.11. The van der Waals surface area contributed by atoms with Crippen LogP contribution in [0.3, 0.4) is 0 Å². The van der Waals surface area contributed by atoms with Crippen molar-refractivity contribution in [2.45, 2.75) is 33.1 Å². The van der Waals surface area contributed by atoms with E-state index >= 15 is 0 Å². The van der Waals surface area contributed by atoms with Gasteiger partial charge in [-0.25, -0.2) is 0 Å². The van der Waals surface area contributed by atoms with Crippen LogP contribution in [0.1, 0.15) is 23.9 Å². The van der Waals surface area contributed by atoms with Crippen molar-refractivity contribution in [3.8, 4) is 0 Å². The zero-order chi connectivity index (χ0) is 9.42. The molecule has 0 aromatic carbocycles. The number of nitrogens with zero attached hydrogens (tertiary/aromatic N) is 3. The highest BCUT2D eigenvalue weighted by atomic mass is 15.3. The predicted molar refractivity (Wildman–Crippen MR) is 51.0 cm³/mol. The van der Waals surface area contributed by atoms with E-state index in [-0.39, 0.29) is 0 Å². The van der Waals surface area contributed by atoms with Gasteiger partial charge in [0.1, 0.15) is 0 Å². The lowest BCUT2D eigenvalue weighted by Crippen LogP contribution is -2.14. The number of hydrogen-bond donors (Lipinski definition) is 1. The Kier molecular flexibility index (Phi) is 2.09. The second-order valence-corrected chi connectivity index (χ2v) is 3.56. The van der Waals surface area contributed by atoms with Crippen LogP contribution in [0, 0.1) is 0 Å². The molecule has 0 bridgehead atoms. The summed E-state index contributed by atoms with van der Waals surface area (Å²) in [6, 6.07) is 0. The summed E-state index contributed by atoms with van der Waals surface area (Å²) < 4.78 is 2.03. The Labute approximate surface area is 78.3 Å². The Balaban J connectivity index is 2.42. The van der Waals surface area contributed by atoms with Crippen molar-refractivity contribution >= 4 is 0 Å². The van der Waals surface area contributed by atoms with Gasteiger partial charge < -0.3 is 5.73 Å². The molecule has 1 aromatic heterocycles. The summed E-state index contributed by atoms with van der Waals surface area (Å²) in [6.07, 6.45) is 0. The minimum Gasteiger partial charge on any atom is -0.325 e. The molecule has 1 aliphatic heterocycles. The minimum absolute atomic E-state index is 0.601. The first kappa shape index (κ1) is 8.72. The first-order valence-corrected chi connectivity index (χ1v) is 4.72. The molecule has 0 atom stereocenters. The Hall–Kier alpha value is -0.870. The highest BCUT2D eigenvalue weighted by molar-refractivity contribution is 5.29. The average Bonchev–Trinajstić information content (AvgIpc) is 2.59. The van der Waals surface area contributed by atoms with Crippen molar-refractivity contribution < 1.29 is 0 Å². The number of aromatic nitrogens is 2. The van der Waals surface area contributed by atoms with Crippen LogP contribution in [0.25, 0.3) is 0 Å². The van der Waals surface area contributed by atoms with Crippen LogP contribution in [-0.4, -0.2) is 21.7 Å². The molecule has 0 unspecified atom stereocenters. The summed E-state index contributed by atoms with van der Waals surface area (Å²) in [5.41, 5.74) is 9.49. The molecule has 72 valence electrons. The minimum atomic E-state index is 0.601. The molecule has 4 nitrogen and oxygen atoms in total. The van der Waals surface area contributed by atoms with E-state index in [9.17, 15) is 0 Å². The fraction of sp³-hybridized carbons (Fsp3) is 0.667. The molecule has 2 rings (SSSR count). The third kappa shape index (κ3) is 1.26. The van der Waals surface area contributed by atoms with Crippen LogP contribution in [0.2, 0.25) is 0 Å². The highest BCUT2D eigenvalue weighted by Gasteiger charge is 2.23. The quantitative estimate of drug-likeness (QED) is 0.712. The smallest absolute Gasteiger partial charge is 0.0813 e. The zero-order valence-electron chi connectivity index (χ0n) is 8.25. The van der Waals surface area contributed by atoms with Gasteiger partial charge in [-0.1, -0.05) is 0 Å². The molecule has 2 N–H and O–H groups in total. The lowest BCUT2D eigenvalue weighted by atomic mass is 10.2. The lowest BCUT2D eigenvalue weighted by molar-refractivity contribution is 0.343. The van der Waals surface area contributed by atoms with Crippen LogP contribution in [0.4, 0.5) is 0 Å². The lowest BCUT2D eigenvalue weighted by Gasteiger charge is -2.08. The van der Waals surface area contributed by atoms with E-state index in [0.29, 0.717) is 6.54 Å². The van der Waals surface area contributed by atoms with Crippen molar-refractivity contribution in [1.29, 1.82) is 0 Å². The molecule has 1 aliphatic rings. The van der Waals surface area contributed by atoms with Crippen LogP contribution in [-0.2, 0) is 26.2 Å². The van der Waals surface area contributed by atoms with E-state index in [2.05, 4.69) is 24.0 Å². The van der Waals surface area contributed by atoms with Gasteiger partial charge in [0.15, 0.2) is 0 Å². The molecule has 1 aromatic rings. The van der Waals surface area contributed by atoms with E-state index in [1.165, 1.54) is 17.0 Å². The second-order valence-electron chi connectivity index (χ2n) is 3.56. The monoisotopic (exact) mass is 180 g/mol. The number of fused-ring (bicyclic) bond motifs is 1. The van der Waals surface area contributed by atoms with E-state index in [1.54, 1.807) is 0 Å². The van der Waals surface area contributed by atoms with Gasteiger partial charge in [-0.05, 0) is 14.0 Å². The van der Waals surface area contributed by atoms with Crippen molar-refractivity contribution in [3.63, 3.8) is 0 Å². The maximum atomic E-state index is 5.71. The molecule has 2 heterocycles. The van der Waals surface area contributed by atoms with Gasteiger partial charge in [0.2, 0.25) is 0 Å². The summed E-state index contributed by atoms with van der Waals surface area (Å²) in [6.45, 7) is 5.59. The third-order valence-corrected chi connectivity index (χ3v) is 2.59. The van der Waals surface area contributed by atoms with Gasteiger partial charge in [0, 0.05) is 31.7 Å². The topological polar surface area (TPSA) is 47.1 Å². The van der Waals surface area contributed by atoms with Crippen molar-refractivity contribution in [2.24, 2.45) is 5.73 Å². The van der Waals surface area contributed by atoms with Crippen LogP contribution in [0.5, 0.6) is 0 Å². The van der Waals surface area contributed by atoms with Crippen molar-refractivity contribution in [1.82, 2.24) is 14.7 Å². The Morgan fingerprint density at radius 1 is 1.46 bits per heavy atom. The van der Waals surface area contributed by atoms with Gasteiger partial charge in [0.25, 0.3) is 0 Å². The first-order valence-electron chi connectivity index (χ1n) is 4.72. The number of rotatable bonds is 2. The van der Waals surface area contributed by atoms with E-state index < -0.39 is 0 Å². The van der Waals surface area contributed by atoms with E-state index in [1.807, 2.05) is 4.68 Å². The van der Waals surface area contributed by atoms with Gasteiger partial charge >= 0.3 is 0 Å². The molecule has 0 aliphatic carbocycles. The Morgan fingerprint density at radius 2 is 2.23 bits per heavy atom. The van der Waals surface area contributed by atoms with Gasteiger partial charge in [0.05, 0.1) is 11.4 Å². The number of hydrogen-bond acceptors (Lipinski definition) is 3. The molecular weight excluding hydrogens is 164 g/mol. The van der Waals surface area contributed by atoms with Gasteiger partial charge in [-0.15, -0.1) is 0 Å². The van der Waals surface area contributed by atoms with Gasteiger partial charge in [-0.2, -0.15) is 5.10 Å². The molecule has 0 saturated carbocycles. The number of nitrogens with two attached hydrogens (primary N) is 1. The van der Waals surface area contributed by atoms with Crippen molar-refractivity contribution in [3.05, 3.63) is 17.0 Å². The van der Waals surface area contributed by atoms with Crippen LogP contribution in [0.15, 0.2) is 0 Å². The molecular formula is C9H16N4. The molecule has 0 spiro atoms. The van der Waals surface area contributed by atoms with E-state index in [0.717, 1.165) is 19.6 Å². The zero-order valence-corrected chi connectivity index (χ0v) is 8.25. The van der Waals surface area contributed by atoms with Crippen LogP contribution < -0.4 is 5.73 Å². The maximum Gasteiger partial charge on any atom is 0.0813 e. The molecule has 0 radical (unpaired) electrons. The van der Waals surface area contributed by atoms with E-state index in [4.69, 9.17) is 5.73 Å². The molecule has 0 amide bonds. The first-order chi connectivity index (χ1) is 6.26. The second kappa shape index (κ2) is 3.12. The summed E-state index contributed by atoms with van der Waals surface area (Å²) >= 11 is 0. The summed E-state index contributed by atoms with van der Waals surface area (Å²) in [5.74, 6) is 0. The fourth-order valence-electron chi connectivity index (χ4n) is 1.97. The summed E-state index contributed by atoms with van der Waals surface area (Å²) in [4.78, 5) is 2.26. The Bertz CT molecular complexity index is 316. The largest absolute Gasteiger partial charge is 0.325 e. The molecule has 0 fully saturated rings. The molecule has 0 saturated heterocycles. The van der Waals surface area contributed by atoms with Crippen molar-refractivity contribution in [2.75, 3.05) is 7.05 Å². The maximum absolute atomic E-state index is 5.71. The normalized spacial score (nSPS) is 16.5. The fourth-order valence-corrected chi connectivity index (χ4v) is 1.97. The Morgan fingerprint density at radius 3 is 2.85 bits per heavy atom. The molecule has 13 heavy (non-hydrogen) atoms. The predicted octanol–water partition coefficient (Wildman–Crippen LogP) is 0.307. The summed E-state index contributed by atoms with van der Waals surface area (Å²) in [5, 5.41) is 4.53.